The van der Waals surface area contributed by atoms with Crippen molar-refractivity contribution in [2.24, 2.45) is 0 Å². The molecule has 1 heterocycles. The van der Waals surface area contributed by atoms with Gasteiger partial charge < -0.3 is 9.15 Å². The Hall–Kier alpha value is -1.70. The molecule has 0 atom stereocenters. The Bertz CT molecular complexity index is 426. The quantitative estimate of drug-likeness (QED) is 0.760. The van der Waals surface area contributed by atoms with E-state index >= 15 is 0 Å². The third-order valence-corrected chi connectivity index (χ3v) is 2.36. The van der Waals surface area contributed by atoms with Crippen molar-refractivity contribution in [1.29, 1.82) is 0 Å². The maximum Gasteiger partial charge on any atom is 0.146 e. The van der Waals surface area contributed by atoms with Crippen molar-refractivity contribution in [1.82, 2.24) is 0 Å². The topological polar surface area (TPSA) is 22.4 Å². The maximum absolute atomic E-state index is 5.59. The van der Waals surface area contributed by atoms with Gasteiger partial charge >= 0.3 is 0 Å². The minimum atomic E-state index is 0.488. The molecule has 0 aliphatic carbocycles. The number of hydrogen-bond donors (Lipinski definition) is 0. The van der Waals surface area contributed by atoms with Crippen LogP contribution in [0.5, 0.6) is 5.75 Å². The molecule has 15 heavy (non-hydrogen) atoms. The summed E-state index contributed by atoms with van der Waals surface area (Å²) in [6.45, 7) is 4.56. The molecule has 2 aromatic rings. The van der Waals surface area contributed by atoms with E-state index in [1.165, 1.54) is 5.56 Å². The number of furan rings is 1. The summed E-state index contributed by atoms with van der Waals surface area (Å²) in [4.78, 5) is 0. The van der Waals surface area contributed by atoms with E-state index in [0.29, 0.717) is 6.61 Å². The minimum absolute atomic E-state index is 0.488. The SMILES string of the molecule is Cc1ccc(OCc2occc2C)cc1. The van der Waals surface area contributed by atoms with Gasteiger partial charge in [0.05, 0.1) is 6.26 Å². The lowest BCUT2D eigenvalue weighted by molar-refractivity contribution is 0.269. The van der Waals surface area contributed by atoms with Crippen LogP contribution < -0.4 is 4.74 Å². The lowest BCUT2D eigenvalue weighted by Gasteiger charge is -2.04. The predicted octanol–water partition coefficient (Wildman–Crippen LogP) is 3.48. The van der Waals surface area contributed by atoms with Gasteiger partial charge in [-0.1, -0.05) is 17.7 Å². The standard InChI is InChI=1S/C13H14O2/c1-10-3-5-12(6-4-10)15-9-13-11(2)7-8-14-13/h3-8H,9H2,1-2H3. The van der Waals surface area contributed by atoms with Crippen LogP contribution in [0.4, 0.5) is 0 Å². The van der Waals surface area contributed by atoms with Crippen LogP contribution in [0, 0.1) is 13.8 Å². The molecular formula is C13H14O2. The van der Waals surface area contributed by atoms with Gasteiger partial charge in [-0.05, 0) is 37.6 Å². The fourth-order valence-electron chi connectivity index (χ4n) is 1.34. The average Bonchev–Trinajstić information content (AvgIpc) is 2.63. The van der Waals surface area contributed by atoms with E-state index in [1.54, 1.807) is 6.26 Å². The molecule has 78 valence electrons. The fraction of sp³-hybridized carbons (Fsp3) is 0.231. The normalized spacial score (nSPS) is 10.3. The summed E-state index contributed by atoms with van der Waals surface area (Å²) < 4.78 is 10.9. The van der Waals surface area contributed by atoms with Crippen molar-refractivity contribution < 1.29 is 9.15 Å². The largest absolute Gasteiger partial charge is 0.486 e. The predicted molar refractivity (Wildman–Crippen MR) is 59.0 cm³/mol. The Kier molecular flexibility index (Phi) is 2.77. The van der Waals surface area contributed by atoms with Crippen molar-refractivity contribution in [3.8, 4) is 5.75 Å². The molecule has 1 aromatic heterocycles. The molecule has 0 saturated heterocycles. The van der Waals surface area contributed by atoms with Crippen LogP contribution in [0.1, 0.15) is 16.9 Å². The third-order valence-electron chi connectivity index (χ3n) is 2.36. The smallest absolute Gasteiger partial charge is 0.146 e. The lowest BCUT2D eigenvalue weighted by Crippen LogP contribution is -1.95. The van der Waals surface area contributed by atoms with Gasteiger partial charge in [0.2, 0.25) is 0 Å². The van der Waals surface area contributed by atoms with Gasteiger partial charge in [-0.3, -0.25) is 0 Å². The van der Waals surface area contributed by atoms with E-state index in [-0.39, 0.29) is 0 Å². The summed E-state index contributed by atoms with van der Waals surface area (Å²) in [7, 11) is 0. The van der Waals surface area contributed by atoms with Gasteiger partial charge in [-0.25, -0.2) is 0 Å². The van der Waals surface area contributed by atoms with E-state index in [2.05, 4.69) is 6.92 Å². The fourth-order valence-corrected chi connectivity index (χ4v) is 1.34. The molecule has 0 amide bonds. The molecule has 0 aliphatic rings. The van der Waals surface area contributed by atoms with Crippen LogP contribution in [-0.4, -0.2) is 0 Å². The molecule has 0 radical (unpaired) electrons. The van der Waals surface area contributed by atoms with Crippen LogP contribution in [0.15, 0.2) is 41.0 Å². The highest BCUT2D eigenvalue weighted by atomic mass is 16.5. The zero-order chi connectivity index (χ0) is 10.7. The lowest BCUT2D eigenvalue weighted by atomic mass is 10.2. The van der Waals surface area contributed by atoms with Gasteiger partial charge in [-0.2, -0.15) is 0 Å². The van der Waals surface area contributed by atoms with Gasteiger partial charge in [0.15, 0.2) is 0 Å². The van der Waals surface area contributed by atoms with Crippen LogP contribution >= 0.6 is 0 Å². The van der Waals surface area contributed by atoms with Crippen molar-refractivity contribution in [3.05, 3.63) is 53.5 Å². The molecule has 0 saturated carbocycles. The van der Waals surface area contributed by atoms with Gasteiger partial charge in [-0.15, -0.1) is 0 Å². The first kappa shape index (κ1) is 9.84. The van der Waals surface area contributed by atoms with Gasteiger partial charge in [0.1, 0.15) is 18.1 Å². The molecule has 0 fully saturated rings. The first-order chi connectivity index (χ1) is 7.25. The average molecular weight is 202 g/mol. The first-order valence-corrected chi connectivity index (χ1v) is 4.98. The molecule has 0 bridgehead atoms. The third kappa shape index (κ3) is 2.40. The van der Waals surface area contributed by atoms with E-state index in [9.17, 15) is 0 Å². The van der Waals surface area contributed by atoms with Crippen molar-refractivity contribution >= 4 is 0 Å². The van der Waals surface area contributed by atoms with Crippen molar-refractivity contribution in [2.75, 3.05) is 0 Å². The highest BCUT2D eigenvalue weighted by Crippen LogP contribution is 2.15. The first-order valence-electron chi connectivity index (χ1n) is 4.98. The van der Waals surface area contributed by atoms with Crippen molar-refractivity contribution in [3.63, 3.8) is 0 Å². The number of aryl methyl sites for hydroxylation is 2. The molecule has 2 heteroatoms. The Morgan fingerprint density at radius 2 is 1.80 bits per heavy atom. The Morgan fingerprint density at radius 3 is 2.40 bits per heavy atom. The van der Waals surface area contributed by atoms with E-state index in [1.807, 2.05) is 37.3 Å². The zero-order valence-electron chi connectivity index (χ0n) is 8.99. The second-order valence-electron chi connectivity index (χ2n) is 3.63. The second kappa shape index (κ2) is 4.22. The number of hydrogen-bond acceptors (Lipinski definition) is 2. The molecule has 0 aliphatic heterocycles. The highest BCUT2D eigenvalue weighted by molar-refractivity contribution is 5.26. The van der Waals surface area contributed by atoms with Crippen LogP contribution in [0.2, 0.25) is 0 Å². The molecule has 0 unspecified atom stereocenters. The molecular weight excluding hydrogens is 188 g/mol. The summed E-state index contributed by atoms with van der Waals surface area (Å²) in [5.41, 5.74) is 2.36. The van der Waals surface area contributed by atoms with Crippen LogP contribution in [0.3, 0.4) is 0 Å². The van der Waals surface area contributed by atoms with Crippen LogP contribution in [0.25, 0.3) is 0 Å². The molecule has 0 spiro atoms. The number of benzene rings is 1. The van der Waals surface area contributed by atoms with Crippen LogP contribution in [-0.2, 0) is 6.61 Å². The summed E-state index contributed by atoms with van der Waals surface area (Å²) in [6, 6.07) is 9.93. The molecule has 2 rings (SSSR count). The summed E-state index contributed by atoms with van der Waals surface area (Å²) in [5, 5.41) is 0. The highest BCUT2D eigenvalue weighted by Gasteiger charge is 2.02. The summed E-state index contributed by atoms with van der Waals surface area (Å²) in [5.74, 6) is 1.76. The van der Waals surface area contributed by atoms with E-state index < -0.39 is 0 Å². The van der Waals surface area contributed by atoms with Gasteiger partial charge in [0, 0.05) is 0 Å². The Morgan fingerprint density at radius 1 is 1.07 bits per heavy atom. The summed E-state index contributed by atoms with van der Waals surface area (Å²) >= 11 is 0. The Balaban J connectivity index is 1.99. The zero-order valence-corrected chi connectivity index (χ0v) is 8.99. The monoisotopic (exact) mass is 202 g/mol. The molecule has 2 nitrogen and oxygen atoms in total. The molecule has 0 N–H and O–H groups in total. The van der Waals surface area contributed by atoms with E-state index in [4.69, 9.17) is 9.15 Å². The second-order valence-corrected chi connectivity index (χ2v) is 3.63. The summed E-state index contributed by atoms with van der Waals surface area (Å²) in [6.07, 6.45) is 1.68. The number of rotatable bonds is 3. The Labute approximate surface area is 89.5 Å². The number of ether oxygens (including phenoxy) is 1. The maximum atomic E-state index is 5.59. The minimum Gasteiger partial charge on any atom is -0.486 e. The van der Waals surface area contributed by atoms with E-state index in [0.717, 1.165) is 17.1 Å². The van der Waals surface area contributed by atoms with Crippen molar-refractivity contribution in [2.45, 2.75) is 20.5 Å². The molecule has 1 aromatic carbocycles. The van der Waals surface area contributed by atoms with Gasteiger partial charge in [0.25, 0.3) is 0 Å².